The lowest BCUT2D eigenvalue weighted by molar-refractivity contribution is -0.0260. The molecule has 1 unspecified atom stereocenters. The van der Waals surface area contributed by atoms with Crippen LogP contribution >= 0.6 is 0 Å². The highest BCUT2D eigenvalue weighted by atomic mass is 16.5. The monoisotopic (exact) mass is 231 g/mol. The zero-order chi connectivity index (χ0) is 12.3. The summed E-state index contributed by atoms with van der Waals surface area (Å²) in [5.41, 5.74) is 7.77. The van der Waals surface area contributed by atoms with E-state index in [0.29, 0.717) is 6.61 Å². The average Bonchev–Trinajstić information content (AvgIpc) is 2.35. The molecule has 1 aromatic heterocycles. The van der Waals surface area contributed by atoms with Crippen LogP contribution in [0.4, 0.5) is 0 Å². The topological polar surface area (TPSA) is 60.2 Å². The lowest BCUT2D eigenvalue weighted by Crippen LogP contribution is -2.45. The van der Waals surface area contributed by atoms with Crippen LogP contribution in [-0.2, 0) is 10.5 Å². The number of aromatic nitrogens is 1. The molecule has 1 aliphatic rings. The van der Waals surface area contributed by atoms with Gasteiger partial charge in [0.05, 0.1) is 5.70 Å². The van der Waals surface area contributed by atoms with Gasteiger partial charge in [0.15, 0.2) is 5.72 Å². The van der Waals surface area contributed by atoms with Crippen molar-refractivity contribution in [2.24, 2.45) is 5.73 Å². The van der Waals surface area contributed by atoms with Crippen LogP contribution in [0.5, 0.6) is 0 Å². The smallest absolute Gasteiger partial charge is 0.186 e. The largest absolute Gasteiger partial charge is 0.397 e. The summed E-state index contributed by atoms with van der Waals surface area (Å²) < 4.78 is 5.85. The molecule has 0 spiro atoms. The normalized spacial score (nSPS) is 23.6. The van der Waals surface area contributed by atoms with Crippen molar-refractivity contribution in [1.29, 1.82) is 0 Å². The molecule has 2 heterocycles. The zero-order valence-corrected chi connectivity index (χ0v) is 10.1. The van der Waals surface area contributed by atoms with E-state index in [4.69, 9.17) is 10.5 Å². The minimum Gasteiger partial charge on any atom is -0.397 e. The number of hydrogen-bond acceptors (Lipinski definition) is 4. The minimum absolute atomic E-state index is 0.597. The second-order valence-electron chi connectivity index (χ2n) is 3.95. The fraction of sp³-hybridized carbons (Fsp3) is 0.308. The average molecular weight is 231 g/mol. The van der Waals surface area contributed by atoms with E-state index in [2.05, 4.69) is 10.3 Å². The van der Waals surface area contributed by atoms with Crippen molar-refractivity contribution >= 4 is 0 Å². The summed E-state index contributed by atoms with van der Waals surface area (Å²) >= 11 is 0. The number of ether oxygens (including phenoxy) is 1. The van der Waals surface area contributed by atoms with Crippen LogP contribution in [0.15, 0.2) is 48.1 Å². The lowest BCUT2D eigenvalue weighted by Gasteiger charge is -2.35. The Hall–Kier alpha value is -1.81. The second kappa shape index (κ2) is 4.59. The van der Waals surface area contributed by atoms with Gasteiger partial charge in [-0.05, 0) is 32.1 Å². The first-order chi connectivity index (χ1) is 8.18. The van der Waals surface area contributed by atoms with Crippen molar-refractivity contribution in [3.05, 3.63) is 53.6 Å². The van der Waals surface area contributed by atoms with E-state index in [1.807, 2.05) is 38.1 Å². The third-order valence-corrected chi connectivity index (χ3v) is 2.77. The van der Waals surface area contributed by atoms with Crippen molar-refractivity contribution in [3.8, 4) is 0 Å². The van der Waals surface area contributed by atoms with Crippen LogP contribution in [0.3, 0.4) is 0 Å². The van der Waals surface area contributed by atoms with Crippen LogP contribution < -0.4 is 11.1 Å². The Morgan fingerprint density at radius 1 is 1.53 bits per heavy atom. The van der Waals surface area contributed by atoms with Crippen LogP contribution in [0.25, 0.3) is 0 Å². The van der Waals surface area contributed by atoms with Gasteiger partial charge in [-0.3, -0.25) is 4.98 Å². The molecule has 0 fully saturated rings. The number of allylic oxidation sites excluding steroid dienone is 2. The molecule has 4 nitrogen and oxygen atoms in total. The summed E-state index contributed by atoms with van der Waals surface area (Å²) in [6.45, 7) is 4.49. The van der Waals surface area contributed by atoms with Crippen molar-refractivity contribution in [2.45, 2.75) is 19.6 Å². The Bertz CT molecular complexity index is 453. The maximum atomic E-state index is 5.85. The van der Waals surface area contributed by atoms with Gasteiger partial charge in [-0.15, -0.1) is 0 Å². The van der Waals surface area contributed by atoms with Gasteiger partial charge < -0.3 is 15.8 Å². The number of dihydropyridines is 1. The highest BCUT2D eigenvalue weighted by Crippen LogP contribution is 2.28. The molecule has 0 bridgehead atoms. The molecule has 1 aliphatic heterocycles. The van der Waals surface area contributed by atoms with Crippen LogP contribution in [0.1, 0.15) is 19.4 Å². The van der Waals surface area contributed by atoms with Crippen LogP contribution in [-0.4, -0.2) is 11.6 Å². The highest BCUT2D eigenvalue weighted by Gasteiger charge is 2.32. The predicted octanol–water partition coefficient (Wildman–Crippen LogP) is 1.62. The second-order valence-corrected chi connectivity index (χ2v) is 3.95. The first-order valence-electron chi connectivity index (χ1n) is 5.66. The van der Waals surface area contributed by atoms with Crippen LogP contribution in [0, 0.1) is 0 Å². The van der Waals surface area contributed by atoms with E-state index < -0.39 is 5.72 Å². The molecule has 0 aromatic carbocycles. The highest BCUT2D eigenvalue weighted by molar-refractivity contribution is 5.35. The zero-order valence-electron chi connectivity index (χ0n) is 10.1. The number of nitrogens with one attached hydrogen (secondary N) is 1. The number of pyridine rings is 1. The first-order valence-corrected chi connectivity index (χ1v) is 5.66. The van der Waals surface area contributed by atoms with Crippen molar-refractivity contribution in [1.82, 2.24) is 10.3 Å². The van der Waals surface area contributed by atoms with E-state index in [0.717, 1.165) is 17.0 Å². The summed E-state index contributed by atoms with van der Waals surface area (Å²) in [5, 5.41) is 3.30. The summed E-state index contributed by atoms with van der Waals surface area (Å²) in [7, 11) is 0. The van der Waals surface area contributed by atoms with E-state index in [1.54, 1.807) is 12.4 Å². The van der Waals surface area contributed by atoms with Gasteiger partial charge in [0.1, 0.15) is 0 Å². The van der Waals surface area contributed by atoms with Gasteiger partial charge >= 0.3 is 0 Å². The van der Waals surface area contributed by atoms with Gasteiger partial charge in [-0.25, -0.2) is 0 Å². The van der Waals surface area contributed by atoms with Gasteiger partial charge in [0.2, 0.25) is 0 Å². The summed E-state index contributed by atoms with van der Waals surface area (Å²) in [5.74, 6) is 0. The van der Waals surface area contributed by atoms with Gasteiger partial charge in [0, 0.05) is 30.3 Å². The molecule has 0 amide bonds. The Morgan fingerprint density at radius 2 is 2.35 bits per heavy atom. The van der Waals surface area contributed by atoms with Gasteiger partial charge in [-0.2, -0.15) is 0 Å². The van der Waals surface area contributed by atoms with Gasteiger partial charge in [0.25, 0.3) is 0 Å². The SMILES string of the molecule is CCOC1(c2cccnc2)C=CC(N)=C(C)N1. The molecule has 4 heteroatoms. The quantitative estimate of drug-likeness (QED) is 0.830. The Balaban J connectivity index is 2.40. The number of nitrogens with two attached hydrogens (primary N) is 1. The number of nitrogens with zero attached hydrogens (tertiary/aromatic N) is 1. The van der Waals surface area contributed by atoms with Crippen molar-refractivity contribution in [3.63, 3.8) is 0 Å². The summed E-state index contributed by atoms with van der Waals surface area (Å²) in [4.78, 5) is 4.13. The fourth-order valence-corrected chi connectivity index (χ4v) is 1.87. The lowest BCUT2D eigenvalue weighted by atomic mass is 10.00. The Kier molecular flexibility index (Phi) is 3.15. The maximum absolute atomic E-state index is 5.85. The molecule has 2 rings (SSSR count). The maximum Gasteiger partial charge on any atom is 0.186 e. The molecule has 17 heavy (non-hydrogen) atoms. The van der Waals surface area contributed by atoms with Crippen molar-refractivity contribution < 1.29 is 4.74 Å². The summed E-state index contributed by atoms with van der Waals surface area (Å²) in [6.07, 6.45) is 7.33. The molecule has 0 radical (unpaired) electrons. The Morgan fingerprint density at radius 3 is 2.94 bits per heavy atom. The summed E-state index contributed by atoms with van der Waals surface area (Å²) in [6, 6.07) is 3.87. The number of hydrogen-bond donors (Lipinski definition) is 2. The Labute approximate surface area is 101 Å². The predicted molar refractivity (Wildman–Crippen MR) is 66.7 cm³/mol. The first kappa shape index (κ1) is 11.7. The van der Waals surface area contributed by atoms with E-state index in [-0.39, 0.29) is 0 Å². The molecule has 0 saturated carbocycles. The minimum atomic E-state index is -0.657. The number of rotatable bonds is 3. The van der Waals surface area contributed by atoms with Crippen molar-refractivity contribution in [2.75, 3.05) is 6.61 Å². The molecule has 90 valence electrons. The van der Waals surface area contributed by atoms with Gasteiger partial charge in [-0.1, -0.05) is 6.07 Å². The molecule has 3 N–H and O–H groups in total. The standard InChI is InChI=1S/C13H17N3O/c1-3-17-13(11-5-4-8-15-9-11)7-6-12(14)10(2)16-13/h4-9,16H,3,14H2,1-2H3. The molecular formula is C13H17N3O. The molecular weight excluding hydrogens is 214 g/mol. The van der Waals surface area contributed by atoms with E-state index >= 15 is 0 Å². The molecule has 0 aliphatic carbocycles. The third-order valence-electron chi connectivity index (χ3n) is 2.77. The molecule has 1 aromatic rings. The molecule has 1 atom stereocenters. The van der Waals surface area contributed by atoms with E-state index in [1.165, 1.54) is 0 Å². The third kappa shape index (κ3) is 2.17. The fourth-order valence-electron chi connectivity index (χ4n) is 1.87. The van der Waals surface area contributed by atoms with E-state index in [9.17, 15) is 0 Å². The van der Waals surface area contributed by atoms with Crippen LogP contribution in [0.2, 0.25) is 0 Å². The molecule has 0 saturated heterocycles.